The van der Waals surface area contributed by atoms with Crippen molar-refractivity contribution < 1.29 is 46.2 Å². The topological polar surface area (TPSA) is 66.4 Å². The zero-order valence-electron chi connectivity index (χ0n) is 7.14. The molecule has 72 valence electrons. The largest absolute Gasteiger partial charge is 1.00 e. The second-order valence-corrected chi connectivity index (χ2v) is 4.45. The van der Waals surface area contributed by atoms with Crippen LogP contribution in [0.3, 0.4) is 0 Å². The van der Waals surface area contributed by atoms with Crippen LogP contribution in [0, 0.1) is 0 Å². The first-order valence-electron chi connectivity index (χ1n) is 3.05. The fourth-order valence-electron chi connectivity index (χ4n) is 0.571. The molecule has 0 atom stereocenters. The first-order chi connectivity index (χ1) is 5.97. The Morgan fingerprint density at radius 1 is 1.29 bits per heavy atom. The summed E-state index contributed by atoms with van der Waals surface area (Å²) < 4.78 is 34.1. The quantitative estimate of drug-likeness (QED) is 0.297. The van der Waals surface area contributed by atoms with Crippen molar-refractivity contribution in [3.63, 3.8) is 0 Å². The molecule has 0 aliphatic carbocycles. The maximum atomic E-state index is 10.0. The van der Waals surface area contributed by atoms with Gasteiger partial charge in [0.05, 0.1) is 0 Å². The molecular weight excluding hydrogens is 259 g/mol. The van der Waals surface area contributed by atoms with Crippen LogP contribution in [0.2, 0.25) is 5.02 Å². The molecule has 0 aromatic heterocycles. The van der Waals surface area contributed by atoms with Gasteiger partial charge in [-0.1, -0.05) is 11.6 Å². The number of benzene rings is 1. The van der Waals surface area contributed by atoms with Gasteiger partial charge in [0.1, 0.15) is 0 Å². The van der Waals surface area contributed by atoms with Crippen molar-refractivity contribution in [2.24, 2.45) is 0 Å². The summed E-state index contributed by atoms with van der Waals surface area (Å²) in [4.78, 5) is 0.490. The number of hydrogen-bond donors (Lipinski definition) is 0. The van der Waals surface area contributed by atoms with Gasteiger partial charge in [0.2, 0.25) is 10.4 Å². The van der Waals surface area contributed by atoms with Gasteiger partial charge < -0.3 is 4.55 Å². The minimum Gasteiger partial charge on any atom is -0.725 e. The molecule has 0 unspecified atom stereocenters. The summed E-state index contributed by atoms with van der Waals surface area (Å²) in [6.45, 7) is 0. The SMILES string of the molecule is O=S(=O)([O-])OSc1ccc(Cl)cc1.[Na+]. The van der Waals surface area contributed by atoms with E-state index in [2.05, 4.69) is 3.63 Å². The third kappa shape index (κ3) is 6.26. The van der Waals surface area contributed by atoms with E-state index < -0.39 is 10.4 Å². The molecule has 0 saturated carbocycles. The molecule has 0 spiro atoms. The van der Waals surface area contributed by atoms with Crippen molar-refractivity contribution in [3.8, 4) is 0 Å². The van der Waals surface area contributed by atoms with Crippen LogP contribution in [0.25, 0.3) is 0 Å². The summed E-state index contributed by atoms with van der Waals surface area (Å²) in [6, 6.07) is 6.20. The number of halogens is 1. The summed E-state index contributed by atoms with van der Waals surface area (Å²) in [5.41, 5.74) is 0. The van der Waals surface area contributed by atoms with Crippen LogP contribution in [0.4, 0.5) is 0 Å². The third-order valence-corrected chi connectivity index (χ3v) is 2.68. The van der Waals surface area contributed by atoms with Crippen molar-refractivity contribution in [2.75, 3.05) is 0 Å². The number of hydrogen-bond acceptors (Lipinski definition) is 5. The molecule has 14 heavy (non-hydrogen) atoms. The predicted molar refractivity (Wildman–Crippen MR) is 48.1 cm³/mol. The molecule has 0 radical (unpaired) electrons. The first-order valence-corrected chi connectivity index (χ1v) is 5.50. The summed E-state index contributed by atoms with van der Waals surface area (Å²) in [7, 11) is -4.65. The smallest absolute Gasteiger partial charge is 0.725 e. The van der Waals surface area contributed by atoms with Gasteiger partial charge in [0, 0.05) is 22.0 Å². The molecule has 0 bridgehead atoms. The van der Waals surface area contributed by atoms with Crippen LogP contribution in [0.1, 0.15) is 0 Å². The molecule has 0 aliphatic heterocycles. The zero-order valence-corrected chi connectivity index (χ0v) is 11.5. The van der Waals surface area contributed by atoms with E-state index in [1.807, 2.05) is 0 Å². The monoisotopic (exact) mass is 262 g/mol. The summed E-state index contributed by atoms with van der Waals surface area (Å²) in [6.07, 6.45) is 0. The van der Waals surface area contributed by atoms with Gasteiger partial charge in [0.15, 0.2) is 0 Å². The van der Waals surface area contributed by atoms with Crippen LogP contribution < -0.4 is 29.6 Å². The van der Waals surface area contributed by atoms with E-state index in [4.69, 9.17) is 11.6 Å². The van der Waals surface area contributed by atoms with Gasteiger partial charge in [-0.05, 0) is 24.3 Å². The Kier molecular flexibility index (Phi) is 6.67. The van der Waals surface area contributed by atoms with E-state index in [0.29, 0.717) is 22.0 Å². The molecule has 1 rings (SSSR count). The van der Waals surface area contributed by atoms with Gasteiger partial charge in [-0.2, -0.15) is 0 Å². The number of rotatable bonds is 3. The van der Waals surface area contributed by atoms with Crippen LogP contribution in [0.5, 0.6) is 0 Å². The van der Waals surface area contributed by atoms with Crippen molar-refractivity contribution >= 4 is 34.0 Å². The molecule has 0 heterocycles. The van der Waals surface area contributed by atoms with Gasteiger partial charge in [-0.15, -0.1) is 0 Å². The third-order valence-electron chi connectivity index (χ3n) is 1.03. The van der Waals surface area contributed by atoms with E-state index >= 15 is 0 Å². The van der Waals surface area contributed by atoms with Crippen molar-refractivity contribution in [1.82, 2.24) is 0 Å². The van der Waals surface area contributed by atoms with E-state index in [-0.39, 0.29) is 29.6 Å². The van der Waals surface area contributed by atoms with Gasteiger partial charge in [-0.25, -0.2) is 12.0 Å². The van der Waals surface area contributed by atoms with Crippen LogP contribution >= 0.6 is 23.6 Å². The van der Waals surface area contributed by atoms with Gasteiger partial charge in [0.25, 0.3) is 0 Å². The first kappa shape index (κ1) is 14.7. The normalized spacial score (nSPS) is 10.7. The molecule has 1 aromatic rings. The molecule has 8 heteroatoms. The zero-order chi connectivity index (χ0) is 9.90. The average Bonchev–Trinajstić information content (AvgIpc) is 2.02. The molecule has 1 aromatic carbocycles. The van der Waals surface area contributed by atoms with E-state index in [1.165, 1.54) is 12.1 Å². The van der Waals surface area contributed by atoms with Crippen molar-refractivity contribution in [2.45, 2.75) is 4.90 Å². The van der Waals surface area contributed by atoms with Crippen LogP contribution in [-0.2, 0) is 14.0 Å². The van der Waals surface area contributed by atoms with E-state index in [1.54, 1.807) is 12.1 Å². The molecule has 0 N–H and O–H groups in total. The van der Waals surface area contributed by atoms with Crippen LogP contribution in [0.15, 0.2) is 29.2 Å². The standard InChI is InChI=1S/C6H5ClO4S2.Na/c7-5-1-3-6(4-2-5)12-11-13(8,9)10;/h1-4H,(H,8,9,10);/q;+1/p-1. The van der Waals surface area contributed by atoms with Gasteiger partial charge >= 0.3 is 29.6 Å². The Morgan fingerprint density at radius 2 is 1.79 bits per heavy atom. The Bertz CT molecular complexity index is 377. The second-order valence-electron chi connectivity index (χ2n) is 2.01. The Morgan fingerprint density at radius 3 is 2.21 bits per heavy atom. The minimum atomic E-state index is -4.65. The molecule has 0 aliphatic rings. The van der Waals surface area contributed by atoms with Crippen molar-refractivity contribution in [1.29, 1.82) is 0 Å². The fourth-order valence-corrected chi connectivity index (χ4v) is 1.59. The van der Waals surface area contributed by atoms with Crippen molar-refractivity contribution in [3.05, 3.63) is 29.3 Å². The van der Waals surface area contributed by atoms with Gasteiger partial charge in [-0.3, -0.25) is 0 Å². The molecular formula is C6H4ClNaO4S2. The van der Waals surface area contributed by atoms with E-state index in [0.717, 1.165) is 0 Å². The Hall–Kier alpha value is 0.730. The minimum absolute atomic E-state index is 0. The fraction of sp³-hybridized carbons (Fsp3) is 0. The maximum absolute atomic E-state index is 10.0. The summed E-state index contributed by atoms with van der Waals surface area (Å²) in [5, 5.41) is 0.523. The Balaban J connectivity index is 0.00000169. The molecule has 0 saturated heterocycles. The molecule has 0 fully saturated rings. The summed E-state index contributed by atoms with van der Waals surface area (Å²) >= 11 is 6.05. The molecule has 0 amide bonds. The summed E-state index contributed by atoms with van der Waals surface area (Å²) in [5.74, 6) is 0. The van der Waals surface area contributed by atoms with Crippen LogP contribution in [-0.4, -0.2) is 13.0 Å². The average molecular weight is 263 g/mol. The van der Waals surface area contributed by atoms with E-state index in [9.17, 15) is 13.0 Å². The Labute approximate surface area is 113 Å². The molecule has 4 nitrogen and oxygen atoms in total. The second kappa shape index (κ2) is 6.34. The maximum Gasteiger partial charge on any atom is 1.00 e. The predicted octanol–water partition coefficient (Wildman–Crippen LogP) is -1.17.